The van der Waals surface area contributed by atoms with Crippen LogP contribution >= 0.6 is 0 Å². The van der Waals surface area contributed by atoms with Crippen LogP contribution in [0.1, 0.15) is 54.4 Å². The third kappa shape index (κ3) is 4.59. The third-order valence-corrected chi connectivity index (χ3v) is 4.75. The second kappa shape index (κ2) is 6.19. The summed E-state index contributed by atoms with van der Waals surface area (Å²) in [6, 6.07) is 0.663. The zero-order valence-corrected chi connectivity index (χ0v) is 12.7. The van der Waals surface area contributed by atoms with E-state index in [1.54, 1.807) is 0 Å². The lowest BCUT2D eigenvalue weighted by atomic mass is 9.88. The molecule has 3 atom stereocenters. The Balaban J connectivity index is 2.35. The van der Waals surface area contributed by atoms with E-state index in [1.807, 2.05) is 0 Å². The van der Waals surface area contributed by atoms with Crippen LogP contribution in [0.4, 0.5) is 0 Å². The number of likely N-dealkylation sites (tertiary alicyclic amines) is 1. The van der Waals surface area contributed by atoms with Gasteiger partial charge in [0.15, 0.2) is 0 Å². The smallest absolute Gasteiger partial charge is 0.0192 e. The van der Waals surface area contributed by atoms with Crippen molar-refractivity contribution in [3.8, 4) is 0 Å². The molecule has 2 nitrogen and oxygen atoms in total. The predicted octanol–water partition coefficient (Wildman–Crippen LogP) is 3.13. The molecule has 1 aliphatic heterocycles. The summed E-state index contributed by atoms with van der Waals surface area (Å²) in [5.74, 6) is 1.75. The summed E-state index contributed by atoms with van der Waals surface area (Å²) in [6.07, 6.45) is 2.55. The standard InChI is InChI=1S/C15H32N2/c1-7-15(5,6)16-10-14(4)17-9-8-12(2)13(3)11-17/h12-14,16H,7-11H2,1-6H3. The average Bonchev–Trinajstić information content (AvgIpc) is 2.30. The number of hydrogen-bond acceptors (Lipinski definition) is 2. The minimum absolute atomic E-state index is 0.281. The van der Waals surface area contributed by atoms with Gasteiger partial charge in [0, 0.05) is 24.7 Å². The molecule has 0 spiro atoms. The van der Waals surface area contributed by atoms with E-state index >= 15 is 0 Å². The fourth-order valence-corrected chi connectivity index (χ4v) is 2.37. The minimum Gasteiger partial charge on any atom is -0.310 e. The van der Waals surface area contributed by atoms with E-state index < -0.39 is 0 Å². The Morgan fingerprint density at radius 1 is 1.29 bits per heavy atom. The van der Waals surface area contributed by atoms with Crippen molar-refractivity contribution in [1.82, 2.24) is 10.2 Å². The zero-order chi connectivity index (χ0) is 13.1. The van der Waals surface area contributed by atoms with Crippen molar-refractivity contribution in [1.29, 1.82) is 0 Å². The molecule has 1 heterocycles. The van der Waals surface area contributed by atoms with Crippen LogP contribution in [0.15, 0.2) is 0 Å². The Morgan fingerprint density at radius 2 is 1.94 bits per heavy atom. The summed E-state index contributed by atoms with van der Waals surface area (Å²) in [5.41, 5.74) is 0.281. The summed E-state index contributed by atoms with van der Waals surface area (Å²) in [6.45, 7) is 17.7. The van der Waals surface area contributed by atoms with Crippen LogP contribution in [0.3, 0.4) is 0 Å². The van der Waals surface area contributed by atoms with Gasteiger partial charge in [-0.05, 0) is 52.0 Å². The normalized spacial score (nSPS) is 29.3. The summed E-state index contributed by atoms with van der Waals surface area (Å²) in [7, 11) is 0. The SMILES string of the molecule is CCC(C)(C)NCC(C)N1CCC(C)C(C)C1. The van der Waals surface area contributed by atoms with Crippen LogP contribution in [0.5, 0.6) is 0 Å². The maximum Gasteiger partial charge on any atom is 0.0192 e. The molecule has 1 N–H and O–H groups in total. The fourth-order valence-electron chi connectivity index (χ4n) is 2.37. The highest BCUT2D eigenvalue weighted by atomic mass is 15.2. The lowest BCUT2D eigenvalue weighted by Crippen LogP contribution is -2.50. The molecule has 0 aromatic carbocycles. The molecule has 1 rings (SSSR count). The highest BCUT2D eigenvalue weighted by Crippen LogP contribution is 2.23. The molecule has 1 saturated heterocycles. The molecule has 1 fully saturated rings. The molecule has 0 aromatic heterocycles. The molecule has 102 valence electrons. The zero-order valence-electron chi connectivity index (χ0n) is 12.7. The van der Waals surface area contributed by atoms with Crippen LogP contribution < -0.4 is 5.32 Å². The van der Waals surface area contributed by atoms with E-state index in [2.05, 4.69) is 51.8 Å². The van der Waals surface area contributed by atoms with Gasteiger partial charge in [0.05, 0.1) is 0 Å². The van der Waals surface area contributed by atoms with Gasteiger partial charge >= 0.3 is 0 Å². The van der Waals surface area contributed by atoms with Gasteiger partial charge in [0.1, 0.15) is 0 Å². The average molecular weight is 240 g/mol. The van der Waals surface area contributed by atoms with Crippen LogP contribution in [-0.2, 0) is 0 Å². The fraction of sp³-hybridized carbons (Fsp3) is 1.00. The lowest BCUT2D eigenvalue weighted by Gasteiger charge is -2.40. The Hall–Kier alpha value is -0.0800. The minimum atomic E-state index is 0.281. The van der Waals surface area contributed by atoms with E-state index in [1.165, 1.54) is 25.9 Å². The second-order valence-electron chi connectivity index (χ2n) is 6.71. The molecule has 17 heavy (non-hydrogen) atoms. The van der Waals surface area contributed by atoms with Gasteiger partial charge in [0.25, 0.3) is 0 Å². The maximum absolute atomic E-state index is 3.69. The summed E-state index contributed by atoms with van der Waals surface area (Å²) < 4.78 is 0. The van der Waals surface area contributed by atoms with Gasteiger partial charge in [-0.2, -0.15) is 0 Å². The largest absolute Gasteiger partial charge is 0.310 e. The number of piperidine rings is 1. The van der Waals surface area contributed by atoms with Crippen molar-refractivity contribution in [2.45, 2.75) is 66.0 Å². The summed E-state index contributed by atoms with van der Waals surface area (Å²) in [4.78, 5) is 2.66. The first kappa shape index (κ1) is 15.0. The Bertz CT molecular complexity index is 225. The molecular formula is C15H32N2. The predicted molar refractivity (Wildman–Crippen MR) is 76.4 cm³/mol. The Morgan fingerprint density at radius 3 is 2.47 bits per heavy atom. The molecule has 1 aliphatic rings. The monoisotopic (exact) mass is 240 g/mol. The molecule has 0 bridgehead atoms. The maximum atomic E-state index is 3.69. The Labute approximate surface area is 108 Å². The number of nitrogens with one attached hydrogen (secondary N) is 1. The lowest BCUT2D eigenvalue weighted by molar-refractivity contribution is 0.0980. The first-order valence-corrected chi connectivity index (χ1v) is 7.34. The molecule has 0 radical (unpaired) electrons. The number of nitrogens with zero attached hydrogens (tertiary/aromatic N) is 1. The molecule has 3 unspecified atom stereocenters. The van der Waals surface area contributed by atoms with Gasteiger partial charge in [-0.1, -0.05) is 20.8 Å². The van der Waals surface area contributed by atoms with Gasteiger partial charge in [-0.3, -0.25) is 4.90 Å². The first-order chi connectivity index (χ1) is 7.85. The van der Waals surface area contributed by atoms with Crippen LogP contribution in [0, 0.1) is 11.8 Å². The van der Waals surface area contributed by atoms with E-state index in [4.69, 9.17) is 0 Å². The van der Waals surface area contributed by atoms with Crippen LogP contribution in [0.2, 0.25) is 0 Å². The van der Waals surface area contributed by atoms with Gasteiger partial charge in [0.2, 0.25) is 0 Å². The highest BCUT2D eigenvalue weighted by Gasteiger charge is 2.26. The van der Waals surface area contributed by atoms with Crippen molar-refractivity contribution in [3.63, 3.8) is 0 Å². The highest BCUT2D eigenvalue weighted by molar-refractivity contribution is 4.82. The van der Waals surface area contributed by atoms with Crippen molar-refractivity contribution >= 4 is 0 Å². The quantitative estimate of drug-likeness (QED) is 0.794. The molecule has 2 heteroatoms. The van der Waals surface area contributed by atoms with E-state index in [9.17, 15) is 0 Å². The molecule has 0 aliphatic carbocycles. The van der Waals surface area contributed by atoms with Crippen LogP contribution in [-0.4, -0.2) is 36.1 Å². The van der Waals surface area contributed by atoms with Gasteiger partial charge in [-0.25, -0.2) is 0 Å². The first-order valence-electron chi connectivity index (χ1n) is 7.34. The summed E-state index contributed by atoms with van der Waals surface area (Å²) >= 11 is 0. The number of rotatable bonds is 5. The van der Waals surface area contributed by atoms with Crippen molar-refractivity contribution in [2.24, 2.45) is 11.8 Å². The van der Waals surface area contributed by atoms with Gasteiger partial charge < -0.3 is 5.32 Å². The topological polar surface area (TPSA) is 15.3 Å². The van der Waals surface area contributed by atoms with Crippen molar-refractivity contribution in [2.75, 3.05) is 19.6 Å². The number of hydrogen-bond donors (Lipinski definition) is 1. The summed E-state index contributed by atoms with van der Waals surface area (Å²) in [5, 5.41) is 3.69. The van der Waals surface area contributed by atoms with Crippen molar-refractivity contribution < 1.29 is 0 Å². The van der Waals surface area contributed by atoms with Crippen LogP contribution in [0.25, 0.3) is 0 Å². The molecular weight excluding hydrogens is 208 g/mol. The van der Waals surface area contributed by atoms with Crippen molar-refractivity contribution in [3.05, 3.63) is 0 Å². The molecule has 0 amide bonds. The molecule has 0 aromatic rings. The Kier molecular flexibility index (Phi) is 5.46. The third-order valence-electron chi connectivity index (χ3n) is 4.75. The van der Waals surface area contributed by atoms with Gasteiger partial charge in [-0.15, -0.1) is 0 Å². The van der Waals surface area contributed by atoms with E-state index in [0.29, 0.717) is 6.04 Å². The van der Waals surface area contributed by atoms with E-state index in [0.717, 1.165) is 18.4 Å². The second-order valence-corrected chi connectivity index (χ2v) is 6.71. The molecule has 0 saturated carbocycles. The van der Waals surface area contributed by atoms with E-state index in [-0.39, 0.29) is 5.54 Å².